The second kappa shape index (κ2) is 9.75. The molecule has 0 rings (SSSR count). The Morgan fingerprint density at radius 2 is 1.60 bits per heavy atom. The molecule has 2 nitrogen and oxygen atoms in total. The molecule has 0 aromatic rings. The van der Waals surface area contributed by atoms with Gasteiger partial charge in [-0.3, -0.25) is 0 Å². The lowest BCUT2D eigenvalue weighted by molar-refractivity contribution is -0.136. The molecule has 88 valence electrons. The number of hydrogen-bond donors (Lipinski definition) is 0. The lowest BCUT2D eigenvalue weighted by atomic mass is 10.1. The first-order valence-corrected chi connectivity index (χ1v) is 5.98. The molecule has 2 heteroatoms. The van der Waals surface area contributed by atoms with Crippen molar-refractivity contribution in [2.75, 3.05) is 7.11 Å². The summed E-state index contributed by atoms with van der Waals surface area (Å²) in [5.41, 5.74) is 0.603. The molecule has 0 atom stereocenters. The predicted octanol–water partition coefficient (Wildman–Crippen LogP) is 3.86. The highest BCUT2D eigenvalue weighted by molar-refractivity contribution is 5.87. The van der Waals surface area contributed by atoms with Crippen LogP contribution in [0.4, 0.5) is 0 Å². The summed E-state index contributed by atoms with van der Waals surface area (Å²) in [6.45, 7) is 5.92. The van der Waals surface area contributed by atoms with Crippen LogP contribution in [0.25, 0.3) is 0 Å². The fraction of sp³-hybridized carbons (Fsp3) is 0.769. The normalized spacial score (nSPS) is 10.0. The molecule has 0 aromatic carbocycles. The molecule has 0 aromatic heterocycles. The first-order chi connectivity index (χ1) is 7.22. The van der Waals surface area contributed by atoms with E-state index >= 15 is 0 Å². The first-order valence-electron chi connectivity index (χ1n) is 5.98. The molecular weight excluding hydrogens is 188 g/mol. The van der Waals surface area contributed by atoms with Gasteiger partial charge in [-0.1, -0.05) is 52.0 Å². The number of methoxy groups -OCH3 is 1. The average Bonchev–Trinajstić information content (AvgIpc) is 2.26. The van der Waals surface area contributed by atoms with E-state index in [-0.39, 0.29) is 5.97 Å². The zero-order valence-corrected chi connectivity index (χ0v) is 10.2. The van der Waals surface area contributed by atoms with E-state index < -0.39 is 0 Å². The minimum Gasteiger partial charge on any atom is -0.466 e. The van der Waals surface area contributed by atoms with Crippen LogP contribution in [0.3, 0.4) is 0 Å². The SMILES string of the molecule is C=C(CCCCCCCCC)C(=O)OC. The van der Waals surface area contributed by atoms with E-state index in [1.165, 1.54) is 45.6 Å². The van der Waals surface area contributed by atoms with Crippen LogP contribution in [0.1, 0.15) is 58.3 Å². The predicted molar refractivity (Wildman–Crippen MR) is 63.8 cm³/mol. The zero-order chi connectivity index (χ0) is 11.5. The van der Waals surface area contributed by atoms with Crippen LogP contribution in [-0.4, -0.2) is 13.1 Å². The van der Waals surface area contributed by atoms with Crippen molar-refractivity contribution < 1.29 is 9.53 Å². The second-order valence-electron chi connectivity index (χ2n) is 3.97. The summed E-state index contributed by atoms with van der Waals surface area (Å²) >= 11 is 0. The van der Waals surface area contributed by atoms with Crippen LogP contribution in [0.2, 0.25) is 0 Å². The quantitative estimate of drug-likeness (QED) is 0.329. The number of hydrogen-bond acceptors (Lipinski definition) is 2. The van der Waals surface area contributed by atoms with E-state index in [4.69, 9.17) is 0 Å². The highest BCUT2D eigenvalue weighted by atomic mass is 16.5. The highest BCUT2D eigenvalue weighted by Crippen LogP contribution is 2.11. The summed E-state index contributed by atoms with van der Waals surface area (Å²) in [4.78, 5) is 11.0. The molecule has 15 heavy (non-hydrogen) atoms. The fourth-order valence-corrected chi connectivity index (χ4v) is 1.54. The van der Waals surface area contributed by atoms with Gasteiger partial charge in [-0.15, -0.1) is 0 Å². The van der Waals surface area contributed by atoms with Crippen LogP contribution in [-0.2, 0) is 9.53 Å². The maximum atomic E-state index is 11.0. The lowest BCUT2D eigenvalue weighted by Crippen LogP contribution is -2.03. The van der Waals surface area contributed by atoms with Crippen LogP contribution in [0.15, 0.2) is 12.2 Å². The van der Waals surface area contributed by atoms with Crippen molar-refractivity contribution in [3.63, 3.8) is 0 Å². The van der Waals surface area contributed by atoms with Gasteiger partial charge in [-0.05, 0) is 12.8 Å². The smallest absolute Gasteiger partial charge is 0.333 e. The van der Waals surface area contributed by atoms with Gasteiger partial charge in [0, 0.05) is 5.57 Å². The van der Waals surface area contributed by atoms with Crippen LogP contribution < -0.4 is 0 Å². The van der Waals surface area contributed by atoms with Gasteiger partial charge in [0.05, 0.1) is 7.11 Å². The van der Waals surface area contributed by atoms with E-state index in [0.29, 0.717) is 5.57 Å². The summed E-state index contributed by atoms with van der Waals surface area (Å²) in [6, 6.07) is 0. The van der Waals surface area contributed by atoms with Gasteiger partial charge < -0.3 is 4.74 Å². The highest BCUT2D eigenvalue weighted by Gasteiger charge is 2.04. The average molecular weight is 212 g/mol. The molecule has 0 N–H and O–H groups in total. The zero-order valence-electron chi connectivity index (χ0n) is 10.2. The van der Waals surface area contributed by atoms with E-state index in [2.05, 4.69) is 18.2 Å². The van der Waals surface area contributed by atoms with Gasteiger partial charge in [-0.2, -0.15) is 0 Å². The Morgan fingerprint density at radius 1 is 1.07 bits per heavy atom. The van der Waals surface area contributed by atoms with Gasteiger partial charge >= 0.3 is 5.97 Å². The standard InChI is InChI=1S/C13H24O2/c1-4-5-6-7-8-9-10-11-12(2)13(14)15-3/h2,4-11H2,1,3H3. The Morgan fingerprint density at radius 3 is 2.13 bits per heavy atom. The summed E-state index contributed by atoms with van der Waals surface area (Å²) in [5.74, 6) is -0.263. The van der Waals surface area contributed by atoms with Crippen LogP contribution in [0, 0.1) is 0 Å². The molecule has 0 unspecified atom stereocenters. The van der Waals surface area contributed by atoms with Crippen molar-refractivity contribution in [3.05, 3.63) is 12.2 Å². The Labute approximate surface area is 93.7 Å². The van der Waals surface area contributed by atoms with Gasteiger partial charge in [0.1, 0.15) is 0 Å². The van der Waals surface area contributed by atoms with E-state index in [9.17, 15) is 4.79 Å². The lowest BCUT2D eigenvalue weighted by Gasteiger charge is -2.03. The molecule has 0 aliphatic carbocycles. The third-order valence-corrected chi connectivity index (χ3v) is 2.56. The third kappa shape index (κ3) is 8.22. The van der Waals surface area contributed by atoms with E-state index in [1.807, 2.05) is 0 Å². The largest absolute Gasteiger partial charge is 0.466 e. The minimum atomic E-state index is -0.263. The van der Waals surface area contributed by atoms with Gasteiger partial charge in [0.15, 0.2) is 0 Å². The Hall–Kier alpha value is -0.790. The third-order valence-electron chi connectivity index (χ3n) is 2.56. The number of carbonyl (C=O) groups is 1. The molecule has 0 radical (unpaired) electrons. The topological polar surface area (TPSA) is 26.3 Å². The Bertz CT molecular complexity index is 185. The number of esters is 1. The molecule has 0 heterocycles. The molecular formula is C13H24O2. The molecule has 0 saturated carbocycles. The molecule has 0 amide bonds. The van der Waals surface area contributed by atoms with Crippen molar-refractivity contribution in [2.45, 2.75) is 58.3 Å². The van der Waals surface area contributed by atoms with Gasteiger partial charge in [0.2, 0.25) is 0 Å². The monoisotopic (exact) mass is 212 g/mol. The van der Waals surface area contributed by atoms with Gasteiger partial charge in [0.25, 0.3) is 0 Å². The van der Waals surface area contributed by atoms with Gasteiger partial charge in [-0.25, -0.2) is 4.79 Å². The Kier molecular flexibility index (Phi) is 9.24. The molecule has 0 bridgehead atoms. The number of unbranched alkanes of at least 4 members (excludes halogenated alkanes) is 6. The molecule has 0 fully saturated rings. The number of ether oxygens (including phenoxy) is 1. The summed E-state index contributed by atoms with van der Waals surface area (Å²) in [6.07, 6.45) is 9.59. The van der Waals surface area contributed by atoms with Crippen molar-refractivity contribution in [1.29, 1.82) is 0 Å². The number of rotatable bonds is 9. The maximum absolute atomic E-state index is 11.0. The summed E-state index contributed by atoms with van der Waals surface area (Å²) in [7, 11) is 1.40. The van der Waals surface area contributed by atoms with Crippen molar-refractivity contribution in [2.24, 2.45) is 0 Å². The number of carbonyl (C=O) groups excluding carboxylic acids is 1. The summed E-state index contributed by atoms with van der Waals surface area (Å²) in [5, 5.41) is 0. The van der Waals surface area contributed by atoms with Crippen molar-refractivity contribution in [1.82, 2.24) is 0 Å². The van der Waals surface area contributed by atoms with Crippen molar-refractivity contribution in [3.8, 4) is 0 Å². The molecule has 0 aliphatic heterocycles. The fourth-order valence-electron chi connectivity index (χ4n) is 1.54. The molecule has 0 saturated heterocycles. The van der Waals surface area contributed by atoms with Crippen LogP contribution >= 0.6 is 0 Å². The minimum absolute atomic E-state index is 0.263. The Balaban J connectivity index is 3.24. The molecule has 0 aliphatic rings. The van der Waals surface area contributed by atoms with E-state index in [1.54, 1.807) is 0 Å². The maximum Gasteiger partial charge on any atom is 0.333 e. The first kappa shape index (κ1) is 14.2. The summed E-state index contributed by atoms with van der Waals surface area (Å²) < 4.78 is 4.58. The van der Waals surface area contributed by atoms with Crippen LogP contribution in [0.5, 0.6) is 0 Å². The molecule has 0 spiro atoms. The second-order valence-corrected chi connectivity index (χ2v) is 3.97. The van der Waals surface area contributed by atoms with Crippen molar-refractivity contribution >= 4 is 5.97 Å². The van der Waals surface area contributed by atoms with E-state index in [0.717, 1.165) is 12.8 Å².